The smallest absolute Gasteiger partial charge is 0.318 e. The summed E-state index contributed by atoms with van der Waals surface area (Å²) < 4.78 is 5.19. The number of ether oxygens (including phenoxy) is 1. The molecule has 4 nitrogen and oxygen atoms in total. The van der Waals surface area contributed by atoms with Gasteiger partial charge in [0.2, 0.25) is 5.91 Å². The van der Waals surface area contributed by atoms with Crippen LogP contribution in [0.4, 0.5) is 0 Å². The number of carbonyl (C=O) groups excluding carboxylic acids is 2. The maximum absolute atomic E-state index is 12.9. The van der Waals surface area contributed by atoms with Gasteiger partial charge in [-0.2, -0.15) is 0 Å². The third-order valence-electron chi connectivity index (χ3n) is 4.57. The third kappa shape index (κ3) is 4.81. The second-order valence-corrected chi connectivity index (χ2v) is 6.31. The molecule has 0 bridgehead atoms. The summed E-state index contributed by atoms with van der Waals surface area (Å²) in [6.07, 6.45) is 5.26. The van der Waals surface area contributed by atoms with Crippen molar-refractivity contribution in [2.75, 3.05) is 13.7 Å². The molecule has 1 aliphatic carbocycles. The number of rotatable bonds is 6. The van der Waals surface area contributed by atoms with Crippen molar-refractivity contribution in [3.05, 3.63) is 35.9 Å². The highest BCUT2D eigenvalue weighted by Gasteiger charge is 2.38. The molecule has 0 saturated heterocycles. The fraction of sp³-hybridized carbons (Fsp3) is 0.579. The molecule has 0 aliphatic heterocycles. The van der Waals surface area contributed by atoms with Gasteiger partial charge in [0.05, 0.1) is 6.61 Å². The number of hydrogen-bond acceptors (Lipinski definition) is 3. The first-order chi connectivity index (χ1) is 11.1. The Balaban J connectivity index is 2.09. The van der Waals surface area contributed by atoms with Gasteiger partial charge in [-0.05, 0) is 31.2 Å². The molecular weight excluding hydrogens is 290 g/mol. The average molecular weight is 317 g/mol. The quantitative estimate of drug-likeness (QED) is 0.597. The van der Waals surface area contributed by atoms with E-state index in [-0.39, 0.29) is 17.8 Å². The minimum absolute atomic E-state index is 0.112. The summed E-state index contributed by atoms with van der Waals surface area (Å²) in [4.78, 5) is 26.9. The second kappa shape index (κ2) is 8.70. The fourth-order valence-electron chi connectivity index (χ4n) is 3.37. The number of amides is 1. The molecule has 0 unspecified atom stereocenters. The topological polar surface area (TPSA) is 46.6 Å². The van der Waals surface area contributed by atoms with E-state index in [4.69, 9.17) is 4.74 Å². The number of esters is 1. The van der Waals surface area contributed by atoms with Crippen molar-refractivity contribution in [1.29, 1.82) is 0 Å². The zero-order chi connectivity index (χ0) is 16.7. The van der Waals surface area contributed by atoms with E-state index in [0.29, 0.717) is 13.2 Å². The van der Waals surface area contributed by atoms with Gasteiger partial charge in [0.25, 0.3) is 0 Å². The third-order valence-corrected chi connectivity index (χ3v) is 4.57. The van der Waals surface area contributed by atoms with Gasteiger partial charge in [0.1, 0.15) is 5.92 Å². The summed E-state index contributed by atoms with van der Waals surface area (Å²) in [6, 6.07) is 9.84. The van der Waals surface area contributed by atoms with Gasteiger partial charge < -0.3 is 9.64 Å². The van der Waals surface area contributed by atoms with Crippen LogP contribution in [0, 0.1) is 11.8 Å². The molecule has 1 amide bonds. The van der Waals surface area contributed by atoms with Gasteiger partial charge in [-0.1, -0.05) is 49.6 Å². The Kier molecular flexibility index (Phi) is 6.63. The van der Waals surface area contributed by atoms with Crippen molar-refractivity contribution in [3.8, 4) is 0 Å². The highest BCUT2D eigenvalue weighted by atomic mass is 16.5. The lowest BCUT2D eigenvalue weighted by atomic mass is 9.79. The number of benzene rings is 1. The second-order valence-electron chi connectivity index (χ2n) is 6.31. The molecule has 0 radical (unpaired) electrons. The standard InChI is InChI=1S/C19H27NO3/c1-3-23-19(22)17(16-12-8-5-9-13-16)18(21)20(2)14-15-10-6-4-7-11-15/h4,6-7,10-11,16-17H,3,5,8-9,12-14H2,1-2H3/t17-/m0/s1. The lowest BCUT2D eigenvalue weighted by molar-refractivity contribution is -0.158. The molecule has 0 heterocycles. The van der Waals surface area contributed by atoms with Gasteiger partial charge >= 0.3 is 5.97 Å². The monoisotopic (exact) mass is 317 g/mol. The van der Waals surface area contributed by atoms with E-state index in [1.165, 1.54) is 6.42 Å². The predicted octanol–water partition coefficient (Wildman–Crippen LogP) is 3.40. The molecular formula is C19H27NO3. The molecule has 0 aromatic heterocycles. The molecule has 1 aromatic rings. The molecule has 0 N–H and O–H groups in total. The highest BCUT2D eigenvalue weighted by molar-refractivity contribution is 5.98. The molecule has 2 rings (SSSR count). The van der Waals surface area contributed by atoms with Crippen molar-refractivity contribution in [2.45, 2.75) is 45.6 Å². The van der Waals surface area contributed by atoms with Crippen LogP contribution in [0.5, 0.6) is 0 Å². The molecule has 1 atom stereocenters. The van der Waals surface area contributed by atoms with Gasteiger partial charge in [0, 0.05) is 13.6 Å². The van der Waals surface area contributed by atoms with Crippen LogP contribution >= 0.6 is 0 Å². The molecule has 0 spiro atoms. The van der Waals surface area contributed by atoms with Crippen LogP contribution in [0.1, 0.15) is 44.6 Å². The summed E-state index contributed by atoms with van der Waals surface area (Å²) in [6.45, 7) is 2.62. The molecule has 1 aromatic carbocycles. The van der Waals surface area contributed by atoms with E-state index >= 15 is 0 Å². The summed E-state index contributed by atoms with van der Waals surface area (Å²) in [5, 5.41) is 0. The normalized spacial score (nSPS) is 16.6. The minimum Gasteiger partial charge on any atom is -0.465 e. The van der Waals surface area contributed by atoms with Crippen molar-refractivity contribution in [2.24, 2.45) is 11.8 Å². The van der Waals surface area contributed by atoms with Crippen LogP contribution in [0.15, 0.2) is 30.3 Å². The van der Waals surface area contributed by atoms with E-state index in [9.17, 15) is 9.59 Å². The molecule has 1 aliphatic rings. The van der Waals surface area contributed by atoms with Gasteiger partial charge in [-0.15, -0.1) is 0 Å². The summed E-state index contributed by atoms with van der Waals surface area (Å²) in [5.74, 6) is -0.999. The largest absolute Gasteiger partial charge is 0.465 e. The summed E-state index contributed by atoms with van der Waals surface area (Å²) >= 11 is 0. The Bertz CT molecular complexity index is 509. The Hall–Kier alpha value is -1.84. The molecule has 1 saturated carbocycles. The lowest BCUT2D eigenvalue weighted by Crippen LogP contribution is -2.42. The highest BCUT2D eigenvalue weighted by Crippen LogP contribution is 2.32. The van der Waals surface area contributed by atoms with Crippen molar-refractivity contribution in [1.82, 2.24) is 4.90 Å². The van der Waals surface area contributed by atoms with Crippen LogP contribution in [-0.2, 0) is 20.9 Å². The number of nitrogens with zero attached hydrogens (tertiary/aromatic N) is 1. The van der Waals surface area contributed by atoms with Crippen LogP contribution in [0.25, 0.3) is 0 Å². The predicted molar refractivity (Wildman–Crippen MR) is 89.6 cm³/mol. The van der Waals surface area contributed by atoms with Crippen molar-refractivity contribution >= 4 is 11.9 Å². The Labute approximate surface area is 138 Å². The van der Waals surface area contributed by atoms with E-state index in [0.717, 1.165) is 31.2 Å². The summed E-state index contributed by atoms with van der Waals surface area (Å²) in [7, 11) is 1.77. The van der Waals surface area contributed by atoms with E-state index in [1.807, 2.05) is 30.3 Å². The first-order valence-electron chi connectivity index (χ1n) is 8.59. The maximum atomic E-state index is 12.9. The summed E-state index contributed by atoms with van der Waals surface area (Å²) in [5.41, 5.74) is 1.06. The Morgan fingerprint density at radius 1 is 1.17 bits per heavy atom. The first kappa shape index (κ1) is 17.5. The molecule has 126 valence electrons. The minimum atomic E-state index is -0.649. The van der Waals surface area contributed by atoms with Crippen LogP contribution in [0.2, 0.25) is 0 Å². The zero-order valence-electron chi connectivity index (χ0n) is 14.2. The van der Waals surface area contributed by atoms with Crippen LogP contribution in [-0.4, -0.2) is 30.4 Å². The van der Waals surface area contributed by atoms with E-state index in [2.05, 4.69) is 0 Å². The van der Waals surface area contributed by atoms with E-state index in [1.54, 1.807) is 18.9 Å². The maximum Gasteiger partial charge on any atom is 0.318 e. The van der Waals surface area contributed by atoms with Crippen LogP contribution in [0.3, 0.4) is 0 Å². The zero-order valence-corrected chi connectivity index (χ0v) is 14.2. The van der Waals surface area contributed by atoms with Crippen molar-refractivity contribution < 1.29 is 14.3 Å². The Morgan fingerprint density at radius 3 is 2.43 bits per heavy atom. The van der Waals surface area contributed by atoms with Crippen molar-refractivity contribution in [3.63, 3.8) is 0 Å². The first-order valence-corrected chi connectivity index (χ1v) is 8.59. The molecule has 1 fully saturated rings. The Morgan fingerprint density at radius 2 is 1.83 bits per heavy atom. The van der Waals surface area contributed by atoms with Gasteiger partial charge in [0.15, 0.2) is 0 Å². The molecule has 23 heavy (non-hydrogen) atoms. The molecule has 4 heteroatoms. The van der Waals surface area contributed by atoms with E-state index < -0.39 is 5.92 Å². The number of carbonyl (C=O) groups is 2. The fourth-order valence-corrected chi connectivity index (χ4v) is 3.37. The lowest BCUT2D eigenvalue weighted by Gasteiger charge is -2.30. The average Bonchev–Trinajstić information content (AvgIpc) is 2.57. The van der Waals surface area contributed by atoms with Gasteiger partial charge in [-0.3, -0.25) is 9.59 Å². The van der Waals surface area contributed by atoms with Gasteiger partial charge in [-0.25, -0.2) is 0 Å². The number of hydrogen-bond donors (Lipinski definition) is 0. The SMILES string of the molecule is CCOC(=O)[C@H](C(=O)N(C)Cc1ccccc1)C1CCCCC1. The van der Waals surface area contributed by atoms with Crippen LogP contribution < -0.4 is 0 Å².